The zero-order chi connectivity index (χ0) is 14.6. The average molecular weight is 291 g/mol. The Kier molecular flexibility index (Phi) is 4.46. The van der Waals surface area contributed by atoms with E-state index in [-0.39, 0.29) is 6.54 Å². The Hall–Kier alpha value is -1.80. The van der Waals surface area contributed by atoms with E-state index in [1.54, 1.807) is 5.32 Å². The number of hydrogen-bond acceptors (Lipinski definition) is 3. The number of rotatable bonds is 4. The van der Waals surface area contributed by atoms with Gasteiger partial charge in [-0.1, -0.05) is 0 Å². The van der Waals surface area contributed by atoms with Crippen LogP contribution in [0.5, 0.6) is 0 Å². The third-order valence-electron chi connectivity index (χ3n) is 3.02. The number of carbonyl (C=O) groups excluding carboxylic acids is 1. The van der Waals surface area contributed by atoms with Crippen LogP contribution < -0.4 is 10.6 Å². The first-order valence-corrected chi connectivity index (χ1v) is 6.45. The number of carbonyl (C=O) groups is 1. The van der Waals surface area contributed by atoms with Crippen molar-refractivity contribution in [3.8, 4) is 0 Å². The third-order valence-corrected chi connectivity index (χ3v) is 3.02. The zero-order valence-electron chi connectivity index (χ0n) is 10.8. The van der Waals surface area contributed by atoms with Crippen LogP contribution in [0.1, 0.15) is 24.5 Å². The van der Waals surface area contributed by atoms with E-state index >= 15 is 0 Å². The summed E-state index contributed by atoms with van der Waals surface area (Å²) in [6.07, 6.45) is -0.893. The van der Waals surface area contributed by atoms with E-state index < -0.39 is 18.8 Å². The van der Waals surface area contributed by atoms with Gasteiger partial charge in [0.1, 0.15) is 18.2 Å². The lowest BCUT2D eigenvalue weighted by Gasteiger charge is -2.14. The summed E-state index contributed by atoms with van der Waals surface area (Å²) in [5, 5.41) is 12.2. The maximum Gasteiger partial charge on any atom is 0.405 e. The molecule has 9 heteroatoms. The van der Waals surface area contributed by atoms with Crippen LogP contribution >= 0.6 is 0 Å². The predicted octanol–water partition coefficient (Wildman–Crippen LogP) is 1.02. The summed E-state index contributed by atoms with van der Waals surface area (Å²) >= 11 is 0. The Morgan fingerprint density at radius 1 is 1.25 bits per heavy atom. The van der Waals surface area contributed by atoms with Gasteiger partial charge in [0.05, 0.1) is 0 Å². The van der Waals surface area contributed by atoms with Crippen LogP contribution in [0.15, 0.2) is 0 Å². The van der Waals surface area contributed by atoms with E-state index in [4.69, 9.17) is 0 Å². The first kappa shape index (κ1) is 14.6. The monoisotopic (exact) mass is 291 g/mol. The largest absolute Gasteiger partial charge is 0.405 e. The molecule has 1 aromatic rings. The van der Waals surface area contributed by atoms with Crippen molar-refractivity contribution in [3.63, 3.8) is 0 Å². The fourth-order valence-corrected chi connectivity index (χ4v) is 2.08. The van der Waals surface area contributed by atoms with Crippen molar-refractivity contribution in [1.82, 2.24) is 25.4 Å². The van der Waals surface area contributed by atoms with E-state index in [9.17, 15) is 18.0 Å². The normalized spacial score (nSPS) is 14.8. The molecular formula is C11H16F3N5O. The van der Waals surface area contributed by atoms with Crippen LogP contribution in [0, 0.1) is 0 Å². The highest BCUT2D eigenvalue weighted by Gasteiger charge is 2.27. The molecule has 2 rings (SSSR count). The molecule has 2 N–H and O–H groups in total. The Morgan fingerprint density at radius 2 is 2.05 bits per heavy atom. The molecule has 0 unspecified atom stereocenters. The summed E-state index contributed by atoms with van der Waals surface area (Å²) in [5.41, 5.74) is 0. The lowest BCUT2D eigenvalue weighted by molar-refractivity contribution is -0.122. The number of fused-ring (bicyclic) bond motifs is 1. The van der Waals surface area contributed by atoms with Gasteiger partial charge < -0.3 is 15.2 Å². The molecule has 0 aromatic carbocycles. The molecule has 2 amide bonds. The average Bonchev–Trinajstić information content (AvgIpc) is 2.79. The summed E-state index contributed by atoms with van der Waals surface area (Å²) in [4.78, 5) is 11.1. The second-order valence-electron chi connectivity index (χ2n) is 4.62. The molecule has 0 aliphatic carbocycles. The zero-order valence-corrected chi connectivity index (χ0v) is 10.8. The number of urea groups is 1. The molecule has 0 fully saturated rings. The number of aryl methyl sites for hydroxylation is 1. The quantitative estimate of drug-likeness (QED) is 0.870. The number of hydrogen-bond donors (Lipinski definition) is 2. The topological polar surface area (TPSA) is 71.8 Å². The van der Waals surface area contributed by atoms with Gasteiger partial charge in [-0.3, -0.25) is 0 Å². The van der Waals surface area contributed by atoms with Gasteiger partial charge in [0.2, 0.25) is 0 Å². The standard InChI is InChI=1S/C11H16F3N5O/c12-11(13,14)7-16-10(20)15-5-4-9-18-17-8-3-1-2-6-19(8)9/h1-7H2,(H2,15,16,20). The molecule has 2 heterocycles. The van der Waals surface area contributed by atoms with Gasteiger partial charge in [-0.2, -0.15) is 13.2 Å². The minimum Gasteiger partial charge on any atom is -0.338 e. The number of aromatic nitrogens is 3. The van der Waals surface area contributed by atoms with E-state index in [1.807, 2.05) is 4.57 Å². The molecule has 112 valence electrons. The fraction of sp³-hybridized carbons (Fsp3) is 0.727. The van der Waals surface area contributed by atoms with E-state index in [2.05, 4.69) is 15.5 Å². The van der Waals surface area contributed by atoms with E-state index in [0.29, 0.717) is 6.42 Å². The van der Waals surface area contributed by atoms with Crippen molar-refractivity contribution in [2.45, 2.75) is 38.4 Å². The maximum absolute atomic E-state index is 11.9. The minimum atomic E-state index is -4.40. The van der Waals surface area contributed by atoms with Gasteiger partial charge in [-0.05, 0) is 12.8 Å². The molecule has 20 heavy (non-hydrogen) atoms. The Balaban J connectivity index is 1.73. The van der Waals surface area contributed by atoms with Gasteiger partial charge in [-0.25, -0.2) is 4.79 Å². The van der Waals surface area contributed by atoms with Gasteiger partial charge in [0, 0.05) is 25.9 Å². The molecule has 6 nitrogen and oxygen atoms in total. The van der Waals surface area contributed by atoms with Crippen LogP contribution in [-0.2, 0) is 19.4 Å². The predicted molar refractivity (Wildman–Crippen MR) is 64.1 cm³/mol. The van der Waals surface area contributed by atoms with Crippen molar-refractivity contribution < 1.29 is 18.0 Å². The SMILES string of the molecule is O=C(NCCc1nnc2n1CCCC2)NCC(F)(F)F. The number of nitrogens with zero attached hydrogens (tertiary/aromatic N) is 3. The second-order valence-corrected chi connectivity index (χ2v) is 4.62. The molecule has 1 aliphatic heterocycles. The summed E-state index contributed by atoms with van der Waals surface area (Å²) < 4.78 is 37.7. The molecular weight excluding hydrogens is 275 g/mol. The number of halogens is 3. The molecule has 0 spiro atoms. The highest BCUT2D eigenvalue weighted by molar-refractivity contribution is 5.73. The minimum absolute atomic E-state index is 0.224. The molecule has 0 bridgehead atoms. The molecule has 1 aliphatic rings. The highest BCUT2D eigenvalue weighted by Crippen LogP contribution is 2.14. The molecule has 0 radical (unpaired) electrons. The molecule has 0 saturated heterocycles. The highest BCUT2D eigenvalue weighted by atomic mass is 19.4. The summed E-state index contributed by atoms with van der Waals surface area (Å²) in [5.74, 6) is 1.70. The van der Waals surface area contributed by atoms with Gasteiger partial charge in [-0.15, -0.1) is 10.2 Å². The molecule has 0 atom stereocenters. The van der Waals surface area contributed by atoms with Crippen LogP contribution in [-0.4, -0.2) is 40.1 Å². The van der Waals surface area contributed by atoms with Crippen LogP contribution in [0.3, 0.4) is 0 Å². The van der Waals surface area contributed by atoms with Crippen LogP contribution in [0.2, 0.25) is 0 Å². The van der Waals surface area contributed by atoms with E-state index in [1.165, 1.54) is 0 Å². The lowest BCUT2D eigenvalue weighted by atomic mass is 10.1. The maximum atomic E-state index is 11.9. The first-order chi connectivity index (χ1) is 9.46. The summed E-state index contributed by atoms with van der Waals surface area (Å²) in [6, 6.07) is -0.833. The Bertz CT molecular complexity index is 471. The molecule has 0 saturated carbocycles. The van der Waals surface area contributed by atoms with Gasteiger partial charge >= 0.3 is 12.2 Å². The Labute approximate surface area is 113 Å². The summed E-state index contributed by atoms with van der Waals surface area (Å²) in [6.45, 7) is -0.251. The Morgan fingerprint density at radius 3 is 2.80 bits per heavy atom. The summed E-state index contributed by atoms with van der Waals surface area (Å²) in [7, 11) is 0. The van der Waals surface area contributed by atoms with E-state index in [0.717, 1.165) is 37.5 Å². The van der Waals surface area contributed by atoms with Crippen LogP contribution in [0.4, 0.5) is 18.0 Å². The third kappa shape index (κ3) is 4.10. The second kappa shape index (κ2) is 6.10. The van der Waals surface area contributed by atoms with Crippen LogP contribution in [0.25, 0.3) is 0 Å². The number of amides is 2. The first-order valence-electron chi connectivity index (χ1n) is 6.45. The van der Waals surface area contributed by atoms with Gasteiger partial charge in [0.15, 0.2) is 0 Å². The lowest BCUT2D eigenvalue weighted by Crippen LogP contribution is -2.41. The van der Waals surface area contributed by atoms with Crippen molar-refractivity contribution >= 4 is 6.03 Å². The molecule has 1 aromatic heterocycles. The van der Waals surface area contributed by atoms with Crippen molar-refractivity contribution in [1.29, 1.82) is 0 Å². The van der Waals surface area contributed by atoms with Crippen molar-refractivity contribution in [3.05, 3.63) is 11.6 Å². The van der Waals surface area contributed by atoms with Crippen molar-refractivity contribution in [2.75, 3.05) is 13.1 Å². The smallest absolute Gasteiger partial charge is 0.338 e. The van der Waals surface area contributed by atoms with Gasteiger partial charge in [0.25, 0.3) is 0 Å². The van der Waals surface area contributed by atoms with Crippen molar-refractivity contribution in [2.24, 2.45) is 0 Å². The number of nitrogens with one attached hydrogen (secondary N) is 2. The fourth-order valence-electron chi connectivity index (χ4n) is 2.08. The number of alkyl halides is 3.